The van der Waals surface area contributed by atoms with E-state index in [0.717, 1.165) is 27.3 Å². The number of benzene rings is 1. The highest BCUT2D eigenvalue weighted by atomic mass is 32.1. The van der Waals surface area contributed by atoms with Gasteiger partial charge in [0.2, 0.25) is 0 Å². The van der Waals surface area contributed by atoms with E-state index in [1.807, 2.05) is 25.3 Å². The molecule has 2 aromatic heterocycles. The minimum atomic E-state index is 0.681. The Kier molecular flexibility index (Phi) is 3.13. The number of nitrogens with zero attached hydrogens (tertiary/aromatic N) is 3. The molecule has 5 heteroatoms. The van der Waals surface area contributed by atoms with Gasteiger partial charge < -0.3 is 5.32 Å². The second kappa shape index (κ2) is 4.93. The van der Waals surface area contributed by atoms with Gasteiger partial charge in [-0.05, 0) is 13.8 Å². The van der Waals surface area contributed by atoms with Crippen molar-refractivity contribution in [3.63, 3.8) is 0 Å². The van der Waals surface area contributed by atoms with Crippen LogP contribution in [0.5, 0.6) is 0 Å². The lowest BCUT2D eigenvalue weighted by atomic mass is 10.1. The summed E-state index contributed by atoms with van der Waals surface area (Å²) in [5, 5.41) is 15.1. The van der Waals surface area contributed by atoms with Crippen molar-refractivity contribution in [2.24, 2.45) is 0 Å². The predicted molar refractivity (Wildman–Crippen MR) is 78.5 cm³/mol. The van der Waals surface area contributed by atoms with Crippen LogP contribution in [0.2, 0.25) is 0 Å². The van der Waals surface area contributed by atoms with Gasteiger partial charge in [-0.15, -0.1) is 16.4 Å². The maximum Gasteiger partial charge on any atom is 0.156 e. The lowest BCUT2D eigenvalue weighted by Crippen LogP contribution is -2.03. The molecular formula is C14H14N4S. The molecule has 0 saturated heterocycles. The number of anilines is 1. The number of hydrogen-bond acceptors (Lipinski definition) is 5. The molecule has 0 aliphatic heterocycles. The van der Waals surface area contributed by atoms with Crippen LogP contribution in [0, 0.1) is 13.8 Å². The van der Waals surface area contributed by atoms with Crippen molar-refractivity contribution >= 4 is 27.9 Å². The average molecular weight is 270 g/mol. The van der Waals surface area contributed by atoms with E-state index in [1.54, 1.807) is 11.3 Å². The normalized spacial score (nSPS) is 10.8. The van der Waals surface area contributed by atoms with Gasteiger partial charge in [-0.1, -0.05) is 24.3 Å². The SMILES string of the molecule is Cc1cnc(CNc2nnc(C)c3ccccc23)s1. The Morgan fingerprint density at radius 2 is 1.89 bits per heavy atom. The summed E-state index contributed by atoms with van der Waals surface area (Å²) in [4.78, 5) is 5.56. The summed E-state index contributed by atoms with van der Waals surface area (Å²) in [6.07, 6.45) is 1.89. The highest BCUT2D eigenvalue weighted by Crippen LogP contribution is 2.23. The largest absolute Gasteiger partial charge is 0.362 e. The van der Waals surface area contributed by atoms with Crippen molar-refractivity contribution in [2.75, 3.05) is 5.32 Å². The van der Waals surface area contributed by atoms with Crippen molar-refractivity contribution < 1.29 is 0 Å². The van der Waals surface area contributed by atoms with Crippen LogP contribution in [0.3, 0.4) is 0 Å². The van der Waals surface area contributed by atoms with E-state index in [2.05, 4.69) is 39.6 Å². The number of hydrogen-bond donors (Lipinski definition) is 1. The van der Waals surface area contributed by atoms with Crippen molar-refractivity contribution in [2.45, 2.75) is 20.4 Å². The molecule has 0 aliphatic carbocycles. The molecule has 2 heterocycles. The van der Waals surface area contributed by atoms with Gasteiger partial charge in [-0.2, -0.15) is 5.10 Å². The summed E-state index contributed by atoms with van der Waals surface area (Å²) in [7, 11) is 0. The Bertz CT molecular complexity index is 720. The second-order valence-corrected chi connectivity index (χ2v) is 5.72. The highest BCUT2D eigenvalue weighted by molar-refractivity contribution is 7.11. The minimum absolute atomic E-state index is 0.681. The van der Waals surface area contributed by atoms with Gasteiger partial charge in [0.1, 0.15) is 5.01 Å². The molecule has 1 N–H and O–H groups in total. The topological polar surface area (TPSA) is 50.7 Å². The third-order valence-corrected chi connectivity index (χ3v) is 3.86. The third-order valence-electron chi connectivity index (χ3n) is 2.95. The molecule has 0 radical (unpaired) electrons. The second-order valence-electron chi connectivity index (χ2n) is 4.40. The summed E-state index contributed by atoms with van der Waals surface area (Å²) >= 11 is 1.69. The molecule has 0 amide bonds. The Labute approximate surface area is 115 Å². The lowest BCUT2D eigenvalue weighted by Gasteiger charge is -2.07. The van der Waals surface area contributed by atoms with E-state index in [0.29, 0.717) is 6.54 Å². The van der Waals surface area contributed by atoms with Crippen molar-refractivity contribution in [1.82, 2.24) is 15.2 Å². The fourth-order valence-electron chi connectivity index (χ4n) is 2.01. The van der Waals surface area contributed by atoms with Crippen LogP contribution < -0.4 is 5.32 Å². The Morgan fingerprint density at radius 1 is 1.11 bits per heavy atom. The zero-order valence-corrected chi connectivity index (χ0v) is 11.7. The first-order valence-corrected chi connectivity index (χ1v) is 6.93. The van der Waals surface area contributed by atoms with E-state index < -0.39 is 0 Å². The maximum atomic E-state index is 4.34. The quantitative estimate of drug-likeness (QED) is 0.793. The van der Waals surface area contributed by atoms with Crippen LogP contribution in [-0.2, 0) is 6.54 Å². The third kappa shape index (κ3) is 2.42. The summed E-state index contributed by atoms with van der Waals surface area (Å²) in [6, 6.07) is 8.16. The molecule has 3 aromatic rings. The van der Waals surface area contributed by atoms with E-state index in [9.17, 15) is 0 Å². The first-order chi connectivity index (χ1) is 9.24. The molecule has 0 bridgehead atoms. The summed E-state index contributed by atoms with van der Waals surface area (Å²) < 4.78 is 0. The van der Waals surface area contributed by atoms with Crippen molar-refractivity contribution in [3.05, 3.63) is 46.0 Å². The smallest absolute Gasteiger partial charge is 0.156 e. The molecule has 3 rings (SSSR count). The zero-order chi connectivity index (χ0) is 13.2. The van der Waals surface area contributed by atoms with E-state index in [4.69, 9.17) is 0 Å². The van der Waals surface area contributed by atoms with Gasteiger partial charge >= 0.3 is 0 Å². The van der Waals surface area contributed by atoms with E-state index >= 15 is 0 Å². The van der Waals surface area contributed by atoms with Crippen LogP contribution in [-0.4, -0.2) is 15.2 Å². The van der Waals surface area contributed by atoms with Crippen LogP contribution in [0.25, 0.3) is 10.8 Å². The average Bonchev–Trinajstić information content (AvgIpc) is 2.84. The zero-order valence-electron chi connectivity index (χ0n) is 10.8. The molecule has 0 saturated carbocycles. The molecule has 96 valence electrons. The van der Waals surface area contributed by atoms with Crippen LogP contribution >= 0.6 is 11.3 Å². The maximum absolute atomic E-state index is 4.34. The molecule has 0 fully saturated rings. The number of aromatic nitrogens is 3. The fourth-order valence-corrected chi connectivity index (χ4v) is 2.74. The molecule has 19 heavy (non-hydrogen) atoms. The molecular weight excluding hydrogens is 256 g/mol. The number of nitrogens with one attached hydrogen (secondary N) is 1. The number of thiazole rings is 1. The van der Waals surface area contributed by atoms with Gasteiger partial charge in [-0.25, -0.2) is 4.98 Å². The van der Waals surface area contributed by atoms with Crippen LogP contribution in [0.4, 0.5) is 5.82 Å². The molecule has 1 aromatic carbocycles. The van der Waals surface area contributed by atoms with Gasteiger partial charge in [0.25, 0.3) is 0 Å². The number of aryl methyl sites for hydroxylation is 2. The molecule has 0 aliphatic rings. The van der Waals surface area contributed by atoms with Crippen molar-refractivity contribution in [1.29, 1.82) is 0 Å². The number of rotatable bonds is 3. The Morgan fingerprint density at radius 3 is 2.63 bits per heavy atom. The minimum Gasteiger partial charge on any atom is -0.362 e. The molecule has 0 unspecified atom stereocenters. The lowest BCUT2D eigenvalue weighted by molar-refractivity contribution is 0.978. The standard InChI is InChI=1S/C14H14N4S/c1-9-7-15-13(19-9)8-16-14-12-6-4-3-5-11(12)10(2)17-18-14/h3-7H,8H2,1-2H3,(H,16,18). The monoisotopic (exact) mass is 270 g/mol. The van der Waals surface area contributed by atoms with Gasteiger partial charge in [-0.3, -0.25) is 0 Å². The van der Waals surface area contributed by atoms with Crippen LogP contribution in [0.15, 0.2) is 30.5 Å². The molecule has 4 nitrogen and oxygen atoms in total. The van der Waals surface area contributed by atoms with Gasteiger partial charge in [0.05, 0.1) is 12.2 Å². The van der Waals surface area contributed by atoms with Crippen LogP contribution in [0.1, 0.15) is 15.6 Å². The highest BCUT2D eigenvalue weighted by Gasteiger charge is 2.06. The summed E-state index contributed by atoms with van der Waals surface area (Å²) in [6.45, 7) is 4.71. The molecule has 0 atom stereocenters. The summed E-state index contributed by atoms with van der Waals surface area (Å²) in [5.74, 6) is 0.814. The molecule has 0 spiro atoms. The van der Waals surface area contributed by atoms with E-state index in [-0.39, 0.29) is 0 Å². The van der Waals surface area contributed by atoms with Gasteiger partial charge in [0.15, 0.2) is 5.82 Å². The number of fused-ring (bicyclic) bond motifs is 1. The fraction of sp³-hybridized carbons (Fsp3) is 0.214. The Balaban J connectivity index is 1.91. The first kappa shape index (κ1) is 12.0. The first-order valence-electron chi connectivity index (χ1n) is 6.11. The Hall–Kier alpha value is -2.01. The predicted octanol–water partition coefficient (Wildman–Crippen LogP) is 3.32. The van der Waals surface area contributed by atoms with E-state index in [1.165, 1.54) is 4.88 Å². The van der Waals surface area contributed by atoms with Crippen molar-refractivity contribution in [3.8, 4) is 0 Å². The summed E-state index contributed by atoms with van der Waals surface area (Å²) in [5.41, 5.74) is 0.950. The van der Waals surface area contributed by atoms with Gasteiger partial charge in [0, 0.05) is 21.8 Å².